The summed E-state index contributed by atoms with van der Waals surface area (Å²) < 4.78 is 5.20. The molecule has 2 aromatic carbocycles. The molecule has 0 bridgehead atoms. The molecule has 0 unspecified atom stereocenters. The van der Waals surface area contributed by atoms with E-state index in [0.29, 0.717) is 20.6 Å². The Labute approximate surface area is 166 Å². The predicted molar refractivity (Wildman–Crippen MR) is 107 cm³/mol. The monoisotopic (exact) mass is 400 g/mol. The zero-order valence-corrected chi connectivity index (χ0v) is 16.4. The SMILES string of the molecule is Cc1nc(-c2ccc(Cl)cc2)sc1C(=O)OCC(=O)N(C)c1ccccc1. The van der Waals surface area contributed by atoms with Crippen LogP contribution in [-0.2, 0) is 9.53 Å². The molecule has 0 fully saturated rings. The van der Waals surface area contributed by atoms with Crippen molar-refractivity contribution in [2.75, 3.05) is 18.6 Å². The molecule has 1 amide bonds. The first-order chi connectivity index (χ1) is 13.0. The molecule has 0 saturated heterocycles. The summed E-state index contributed by atoms with van der Waals surface area (Å²) in [5.74, 6) is -0.866. The maximum Gasteiger partial charge on any atom is 0.350 e. The average molecular weight is 401 g/mol. The zero-order valence-electron chi connectivity index (χ0n) is 14.8. The number of nitrogens with zero attached hydrogens (tertiary/aromatic N) is 2. The molecule has 1 aromatic heterocycles. The lowest BCUT2D eigenvalue weighted by molar-refractivity contribution is -0.121. The highest BCUT2D eigenvalue weighted by molar-refractivity contribution is 7.17. The number of rotatable bonds is 5. The van der Waals surface area contributed by atoms with Crippen LogP contribution in [0.5, 0.6) is 0 Å². The number of carbonyl (C=O) groups excluding carboxylic acids is 2. The van der Waals surface area contributed by atoms with E-state index in [1.165, 1.54) is 16.2 Å². The van der Waals surface area contributed by atoms with Gasteiger partial charge in [-0.15, -0.1) is 11.3 Å². The van der Waals surface area contributed by atoms with Crippen LogP contribution < -0.4 is 4.90 Å². The molecule has 5 nitrogen and oxygen atoms in total. The number of hydrogen-bond donors (Lipinski definition) is 0. The van der Waals surface area contributed by atoms with Gasteiger partial charge in [0.15, 0.2) is 6.61 Å². The second-order valence-electron chi connectivity index (χ2n) is 5.80. The van der Waals surface area contributed by atoms with E-state index in [0.717, 1.165) is 11.3 Å². The molecule has 0 aliphatic carbocycles. The van der Waals surface area contributed by atoms with Crippen molar-refractivity contribution < 1.29 is 14.3 Å². The van der Waals surface area contributed by atoms with E-state index in [1.807, 2.05) is 42.5 Å². The number of benzene rings is 2. The molecule has 0 saturated carbocycles. The molecule has 7 heteroatoms. The third-order valence-electron chi connectivity index (χ3n) is 3.92. The average Bonchev–Trinajstić information content (AvgIpc) is 3.08. The van der Waals surface area contributed by atoms with Gasteiger partial charge < -0.3 is 9.64 Å². The van der Waals surface area contributed by atoms with Gasteiger partial charge in [-0.05, 0) is 31.2 Å². The molecule has 0 N–H and O–H groups in total. The normalized spacial score (nSPS) is 10.5. The molecule has 0 aliphatic rings. The topological polar surface area (TPSA) is 59.5 Å². The van der Waals surface area contributed by atoms with Crippen molar-refractivity contribution in [2.45, 2.75) is 6.92 Å². The maximum absolute atomic E-state index is 12.4. The highest BCUT2D eigenvalue weighted by Gasteiger charge is 2.20. The van der Waals surface area contributed by atoms with Crippen LogP contribution in [0.2, 0.25) is 5.02 Å². The van der Waals surface area contributed by atoms with Crippen LogP contribution >= 0.6 is 22.9 Å². The number of anilines is 1. The van der Waals surface area contributed by atoms with Crippen molar-refractivity contribution in [3.8, 4) is 10.6 Å². The molecular weight excluding hydrogens is 384 g/mol. The quantitative estimate of drug-likeness (QED) is 0.587. The van der Waals surface area contributed by atoms with Gasteiger partial charge in [0.25, 0.3) is 5.91 Å². The number of likely N-dealkylation sites (N-methyl/N-ethyl adjacent to an activating group) is 1. The molecular formula is C20H17ClN2O3S. The molecule has 0 aliphatic heterocycles. The van der Waals surface area contributed by atoms with Crippen LogP contribution in [0.1, 0.15) is 15.4 Å². The van der Waals surface area contributed by atoms with Crippen molar-refractivity contribution in [3.63, 3.8) is 0 Å². The highest BCUT2D eigenvalue weighted by Crippen LogP contribution is 2.29. The first-order valence-corrected chi connectivity index (χ1v) is 9.37. The van der Waals surface area contributed by atoms with Crippen molar-refractivity contribution in [3.05, 3.63) is 70.2 Å². The van der Waals surface area contributed by atoms with E-state index in [9.17, 15) is 9.59 Å². The number of para-hydroxylation sites is 1. The first kappa shape index (κ1) is 19.1. The fraction of sp³-hybridized carbons (Fsp3) is 0.150. The van der Waals surface area contributed by atoms with Crippen LogP contribution in [-0.4, -0.2) is 30.5 Å². The number of aryl methyl sites for hydroxylation is 1. The number of esters is 1. The molecule has 27 heavy (non-hydrogen) atoms. The number of amides is 1. The third kappa shape index (κ3) is 4.53. The standard InChI is InChI=1S/C20H17ClN2O3S/c1-13-18(27-19(22-13)14-8-10-15(21)11-9-14)20(25)26-12-17(24)23(2)16-6-4-3-5-7-16/h3-11H,12H2,1-2H3. The van der Waals surface area contributed by atoms with Gasteiger partial charge >= 0.3 is 5.97 Å². The van der Waals surface area contributed by atoms with Crippen molar-refractivity contribution in [2.24, 2.45) is 0 Å². The summed E-state index contributed by atoms with van der Waals surface area (Å²) >= 11 is 7.13. The molecule has 0 atom stereocenters. The summed E-state index contributed by atoms with van der Waals surface area (Å²) in [5, 5.41) is 1.33. The van der Waals surface area contributed by atoms with E-state index in [1.54, 1.807) is 26.1 Å². The van der Waals surface area contributed by atoms with Crippen molar-refractivity contribution >= 4 is 40.5 Å². The Bertz CT molecular complexity index is 955. The van der Waals surface area contributed by atoms with E-state index < -0.39 is 5.97 Å². The van der Waals surface area contributed by atoms with E-state index in [4.69, 9.17) is 16.3 Å². The van der Waals surface area contributed by atoms with Gasteiger partial charge in [-0.2, -0.15) is 0 Å². The summed E-state index contributed by atoms with van der Waals surface area (Å²) in [4.78, 5) is 30.9. The van der Waals surface area contributed by atoms with Crippen molar-refractivity contribution in [1.82, 2.24) is 4.98 Å². The van der Waals surface area contributed by atoms with Gasteiger partial charge in [0.1, 0.15) is 9.88 Å². The Morgan fingerprint density at radius 2 is 1.78 bits per heavy atom. The summed E-state index contributed by atoms with van der Waals surface area (Å²) in [6, 6.07) is 16.4. The molecule has 3 rings (SSSR count). The highest BCUT2D eigenvalue weighted by atomic mass is 35.5. The summed E-state index contributed by atoms with van der Waals surface area (Å²) in [7, 11) is 1.64. The lowest BCUT2D eigenvalue weighted by Gasteiger charge is -2.16. The van der Waals surface area contributed by atoms with Crippen LogP contribution in [0.4, 0.5) is 5.69 Å². The van der Waals surface area contributed by atoms with Gasteiger partial charge in [0, 0.05) is 23.3 Å². The lowest BCUT2D eigenvalue weighted by Crippen LogP contribution is -2.31. The Morgan fingerprint density at radius 3 is 2.44 bits per heavy atom. The second-order valence-corrected chi connectivity index (χ2v) is 7.24. The number of hydrogen-bond acceptors (Lipinski definition) is 5. The van der Waals surface area contributed by atoms with Crippen LogP contribution in [0.25, 0.3) is 10.6 Å². The summed E-state index contributed by atoms with van der Waals surface area (Å²) in [5.41, 5.74) is 2.17. The molecule has 1 heterocycles. The van der Waals surface area contributed by atoms with Crippen LogP contribution in [0.3, 0.4) is 0 Å². The minimum absolute atomic E-state index is 0.311. The van der Waals surface area contributed by atoms with Gasteiger partial charge in [-0.25, -0.2) is 9.78 Å². The molecule has 0 radical (unpaired) electrons. The summed E-state index contributed by atoms with van der Waals surface area (Å²) in [6.07, 6.45) is 0. The minimum atomic E-state index is -0.556. The van der Waals surface area contributed by atoms with Crippen molar-refractivity contribution in [1.29, 1.82) is 0 Å². The van der Waals surface area contributed by atoms with Gasteiger partial charge in [0.2, 0.25) is 0 Å². The van der Waals surface area contributed by atoms with E-state index in [-0.39, 0.29) is 12.5 Å². The molecule has 0 spiro atoms. The molecule has 138 valence electrons. The predicted octanol–water partition coefficient (Wildman–Crippen LogP) is 4.59. The van der Waals surface area contributed by atoms with E-state index >= 15 is 0 Å². The van der Waals surface area contributed by atoms with E-state index in [2.05, 4.69) is 4.98 Å². The first-order valence-electron chi connectivity index (χ1n) is 8.18. The zero-order chi connectivity index (χ0) is 19.4. The Kier molecular flexibility index (Phi) is 5.88. The fourth-order valence-electron chi connectivity index (χ4n) is 2.39. The Balaban J connectivity index is 1.66. The Morgan fingerprint density at radius 1 is 1.11 bits per heavy atom. The smallest absolute Gasteiger partial charge is 0.350 e. The largest absolute Gasteiger partial charge is 0.451 e. The van der Waals surface area contributed by atoms with Gasteiger partial charge in [-0.1, -0.05) is 41.9 Å². The number of aromatic nitrogens is 1. The van der Waals surface area contributed by atoms with Crippen LogP contribution in [0, 0.1) is 6.92 Å². The molecule has 3 aromatic rings. The third-order valence-corrected chi connectivity index (χ3v) is 5.36. The number of ether oxygens (including phenoxy) is 1. The van der Waals surface area contributed by atoms with Crippen LogP contribution in [0.15, 0.2) is 54.6 Å². The lowest BCUT2D eigenvalue weighted by atomic mass is 10.2. The maximum atomic E-state index is 12.4. The number of thiazole rings is 1. The fourth-order valence-corrected chi connectivity index (χ4v) is 3.48. The second kappa shape index (κ2) is 8.33. The summed E-state index contributed by atoms with van der Waals surface area (Å²) in [6.45, 7) is 1.41. The number of halogens is 1. The number of carbonyl (C=O) groups is 2. The Hall–Kier alpha value is -2.70. The van der Waals surface area contributed by atoms with Gasteiger partial charge in [0.05, 0.1) is 5.69 Å². The minimum Gasteiger partial charge on any atom is -0.451 e. The van der Waals surface area contributed by atoms with Gasteiger partial charge in [-0.3, -0.25) is 4.79 Å².